The molecule has 1 unspecified atom stereocenters. The highest BCUT2D eigenvalue weighted by molar-refractivity contribution is 5.94. The van der Waals surface area contributed by atoms with Crippen LogP contribution in [0.5, 0.6) is 5.75 Å². The average Bonchev–Trinajstić information content (AvgIpc) is 2.21. The van der Waals surface area contributed by atoms with Crippen molar-refractivity contribution in [1.29, 1.82) is 0 Å². The van der Waals surface area contributed by atoms with Crippen LogP contribution < -0.4 is 5.32 Å². The van der Waals surface area contributed by atoms with E-state index in [4.69, 9.17) is 0 Å². The lowest BCUT2D eigenvalue weighted by Crippen LogP contribution is -2.36. The number of hydrogen-bond acceptors (Lipinski definition) is 2. The van der Waals surface area contributed by atoms with Crippen molar-refractivity contribution in [3.8, 4) is 5.75 Å². The fourth-order valence-electron chi connectivity index (χ4n) is 1.25. The molecule has 0 bridgehead atoms. The second-order valence-corrected chi connectivity index (χ2v) is 4.51. The monoisotopic (exact) mass is 221 g/mol. The molecule has 0 saturated carbocycles. The van der Waals surface area contributed by atoms with Crippen molar-refractivity contribution < 1.29 is 9.90 Å². The van der Waals surface area contributed by atoms with Crippen molar-refractivity contribution in [1.82, 2.24) is 5.32 Å². The molecule has 1 aromatic carbocycles. The van der Waals surface area contributed by atoms with Gasteiger partial charge < -0.3 is 10.4 Å². The number of carbonyl (C=O) groups is 1. The van der Waals surface area contributed by atoms with Gasteiger partial charge in [-0.15, -0.1) is 0 Å². The molecule has 0 aliphatic heterocycles. The molecule has 0 saturated heterocycles. The summed E-state index contributed by atoms with van der Waals surface area (Å²) in [6, 6.07) is 5.01. The molecule has 0 fully saturated rings. The normalized spacial score (nSPS) is 12.6. The van der Waals surface area contributed by atoms with Crippen LogP contribution in [0.4, 0.5) is 0 Å². The number of aryl methyl sites for hydroxylation is 1. The Bertz CT molecular complexity index is 386. The zero-order valence-corrected chi connectivity index (χ0v) is 10.2. The fourth-order valence-corrected chi connectivity index (χ4v) is 1.25. The molecule has 1 atom stereocenters. The minimum atomic E-state index is -0.0932. The van der Waals surface area contributed by atoms with Gasteiger partial charge in [0.15, 0.2) is 0 Å². The van der Waals surface area contributed by atoms with E-state index in [2.05, 4.69) is 19.2 Å². The number of phenols is 1. The molecule has 1 amide bonds. The third kappa shape index (κ3) is 2.99. The van der Waals surface area contributed by atoms with Gasteiger partial charge >= 0.3 is 0 Å². The largest absolute Gasteiger partial charge is 0.508 e. The van der Waals surface area contributed by atoms with E-state index in [9.17, 15) is 9.90 Å². The summed E-state index contributed by atoms with van der Waals surface area (Å²) in [7, 11) is 0. The molecule has 0 radical (unpaired) electrons. The molecule has 3 nitrogen and oxygen atoms in total. The molecule has 0 aliphatic rings. The van der Waals surface area contributed by atoms with Gasteiger partial charge in [0.25, 0.3) is 5.91 Å². The predicted octanol–water partition coefficient (Wildman–Crippen LogP) is 2.47. The number of nitrogens with one attached hydrogen (secondary N) is 1. The topological polar surface area (TPSA) is 49.3 Å². The molecule has 16 heavy (non-hydrogen) atoms. The fraction of sp³-hybridized carbons (Fsp3) is 0.462. The van der Waals surface area contributed by atoms with Crippen molar-refractivity contribution in [3.05, 3.63) is 29.3 Å². The Kier molecular flexibility index (Phi) is 3.93. The highest BCUT2D eigenvalue weighted by Gasteiger charge is 2.12. The van der Waals surface area contributed by atoms with Crippen LogP contribution in [-0.4, -0.2) is 17.1 Å². The van der Waals surface area contributed by atoms with E-state index in [1.807, 2.05) is 6.92 Å². The van der Waals surface area contributed by atoms with Gasteiger partial charge in [-0.2, -0.15) is 0 Å². The van der Waals surface area contributed by atoms with Crippen LogP contribution in [0, 0.1) is 12.8 Å². The van der Waals surface area contributed by atoms with Crippen LogP contribution in [0.3, 0.4) is 0 Å². The van der Waals surface area contributed by atoms with Gasteiger partial charge in [0.1, 0.15) is 5.75 Å². The van der Waals surface area contributed by atoms with E-state index in [1.54, 1.807) is 25.1 Å². The van der Waals surface area contributed by atoms with E-state index in [0.717, 1.165) is 0 Å². The second kappa shape index (κ2) is 5.01. The smallest absolute Gasteiger partial charge is 0.251 e. The maximum Gasteiger partial charge on any atom is 0.251 e. The van der Waals surface area contributed by atoms with Crippen molar-refractivity contribution in [2.75, 3.05) is 0 Å². The second-order valence-electron chi connectivity index (χ2n) is 4.51. The van der Waals surface area contributed by atoms with Crippen LogP contribution in [0.15, 0.2) is 18.2 Å². The predicted molar refractivity (Wildman–Crippen MR) is 64.6 cm³/mol. The summed E-state index contributed by atoms with van der Waals surface area (Å²) in [5, 5.41) is 12.3. The summed E-state index contributed by atoms with van der Waals surface area (Å²) in [5.74, 6) is 0.528. The first-order valence-corrected chi connectivity index (χ1v) is 5.52. The lowest BCUT2D eigenvalue weighted by atomic mass is 10.1. The van der Waals surface area contributed by atoms with Crippen molar-refractivity contribution >= 4 is 5.91 Å². The van der Waals surface area contributed by atoms with Crippen molar-refractivity contribution in [2.45, 2.75) is 33.7 Å². The van der Waals surface area contributed by atoms with E-state index in [-0.39, 0.29) is 17.7 Å². The van der Waals surface area contributed by atoms with Gasteiger partial charge in [0.05, 0.1) is 0 Å². The zero-order valence-electron chi connectivity index (χ0n) is 10.2. The van der Waals surface area contributed by atoms with Crippen LogP contribution in [0.25, 0.3) is 0 Å². The molecular formula is C13H19NO2. The number of amides is 1. The van der Waals surface area contributed by atoms with Gasteiger partial charge in [-0.05, 0) is 43.5 Å². The first-order chi connectivity index (χ1) is 7.41. The molecule has 2 N–H and O–H groups in total. The molecule has 0 aromatic heterocycles. The molecule has 1 aromatic rings. The van der Waals surface area contributed by atoms with Crippen LogP contribution >= 0.6 is 0 Å². The van der Waals surface area contributed by atoms with Crippen LogP contribution in [0.1, 0.15) is 36.7 Å². The number of aromatic hydroxyl groups is 1. The SMILES string of the molecule is Cc1cc(C(=O)NC(C)C(C)C)ccc1O. The number of hydrogen-bond donors (Lipinski definition) is 2. The number of benzene rings is 1. The third-order valence-corrected chi connectivity index (χ3v) is 2.82. The molecular weight excluding hydrogens is 202 g/mol. The molecule has 1 rings (SSSR count). The van der Waals surface area contributed by atoms with E-state index >= 15 is 0 Å². The summed E-state index contributed by atoms with van der Waals surface area (Å²) in [6.45, 7) is 7.88. The van der Waals surface area contributed by atoms with Gasteiger partial charge in [-0.3, -0.25) is 4.79 Å². The molecule has 0 aliphatic carbocycles. The Labute approximate surface area is 96.5 Å². The molecule has 88 valence electrons. The summed E-state index contributed by atoms with van der Waals surface area (Å²) in [5.41, 5.74) is 1.30. The maximum absolute atomic E-state index is 11.8. The van der Waals surface area contributed by atoms with Gasteiger partial charge in [-0.25, -0.2) is 0 Å². The highest BCUT2D eigenvalue weighted by Crippen LogP contribution is 2.17. The Hall–Kier alpha value is -1.51. The Morgan fingerprint density at radius 3 is 2.44 bits per heavy atom. The molecule has 3 heteroatoms. The summed E-state index contributed by atoms with van der Waals surface area (Å²) >= 11 is 0. The highest BCUT2D eigenvalue weighted by atomic mass is 16.3. The minimum Gasteiger partial charge on any atom is -0.508 e. The standard InChI is InChI=1S/C13H19NO2/c1-8(2)10(4)14-13(16)11-5-6-12(15)9(3)7-11/h5-8,10,15H,1-4H3,(H,14,16). The number of rotatable bonds is 3. The first-order valence-electron chi connectivity index (χ1n) is 5.52. The lowest BCUT2D eigenvalue weighted by molar-refractivity contribution is 0.0930. The van der Waals surface area contributed by atoms with Gasteiger partial charge in [-0.1, -0.05) is 13.8 Å². The van der Waals surface area contributed by atoms with E-state index < -0.39 is 0 Å². The molecule has 0 spiro atoms. The van der Waals surface area contributed by atoms with Crippen molar-refractivity contribution in [2.24, 2.45) is 5.92 Å². The van der Waals surface area contributed by atoms with E-state index in [0.29, 0.717) is 17.0 Å². The average molecular weight is 221 g/mol. The number of carbonyl (C=O) groups excluding carboxylic acids is 1. The molecule has 0 heterocycles. The van der Waals surface area contributed by atoms with Crippen LogP contribution in [-0.2, 0) is 0 Å². The maximum atomic E-state index is 11.8. The Morgan fingerprint density at radius 1 is 1.31 bits per heavy atom. The first kappa shape index (κ1) is 12.6. The van der Waals surface area contributed by atoms with Gasteiger partial charge in [0.2, 0.25) is 0 Å². The number of phenolic OH excluding ortho intramolecular Hbond substituents is 1. The summed E-state index contributed by atoms with van der Waals surface area (Å²) in [6.07, 6.45) is 0. The summed E-state index contributed by atoms with van der Waals surface area (Å²) < 4.78 is 0. The lowest BCUT2D eigenvalue weighted by Gasteiger charge is -2.17. The van der Waals surface area contributed by atoms with Gasteiger partial charge in [0, 0.05) is 11.6 Å². The Balaban J connectivity index is 2.77. The summed E-state index contributed by atoms with van der Waals surface area (Å²) in [4.78, 5) is 11.8. The zero-order chi connectivity index (χ0) is 12.3. The third-order valence-electron chi connectivity index (χ3n) is 2.82. The van der Waals surface area contributed by atoms with Crippen LogP contribution in [0.2, 0.25) is 0 Å². The van der Waals surface area contributed by atoms with Crippen molar-refractivity contribution in [3.63, 3.8) is 0 Å². The van der Waals surface area contributed by atoms with E-state index in [1.165, 1.54) is 0 Å². The minimum absolute atomic E-state index is 0.0932. The Morgan fingerprint density at radius 2 is 1.94 bits per heavy atom. The quantitative estimate of drug-likeness (QED) is 0.823.